The lowest BCUT2D eigenvalue weighted by atomic mass is 9.95. The van der Waals surface area contributed by atoms with Crippen LogP contribution in [0.2, 0.25) is 0 Å². The highest BCUT2D eigenvalue weighted by Gasteiger charge is 2.48. The molecule has 1 atom stereocenters. The molecular weight excluding hydrogens is 491 g/mol. The van der Waals surface area contributed by atoms with Gasteiger partial charge >= 0.3 is 5.91 Å². The minimum Gasteiger partial charge on any atom is -0.507 e. The number of hydrogen-bond donors (Lipinski definition) is 1. The second kappa shape index (κ2) is 9.78. The number of aromatic nitrogens is 1. The molecule has 1 aliphatic rings. The number of amides is 1. The fourth-order valence-electron chi connectivity index (χ4n) is 4.39. The van der Waals surface area contributed by atoms with Gasteiger partial charge in [0, 0.05) is 5.56 Å². The number of aliphatic hydroxyl groups is 1. The molecular formula is C29H25FN2O4S. The number of nitrogens with zero attached hydrogens (tertiary/aromatic N) is 2. The van der Waals surface area contributed by atoms with E-state index in [1.807, 2.05) is 32.0 Å². The summed E-state index contributed by atoms with van der Waals surface area (Å²) in [7, 11) is 0. The summed E-state index contributed by atoms with van der Waals surface area (Å²) < 4.78 is 20.2. The summed E-state index contributed by atoms with van der Waals surface area (Å²) in [5, 5.41) is 11.6. The summed E-state index contributed by atoms with van der Waals surface area (Å²) in [6.45, 7) is 5.90. The van der Waals surface area contributed by atoms with Gasteiger partial charge in [-0.05, 0) is 79.9 Å². The van der Waals surface area contributed by atoms with Gasteiger partial charge in [-0.25, -0.2) is 9.37 Å². The maximum Gasteiger partial charge on any atom is 0.301 e. The molecule has 2 heterocycles. The maximum atomic E-state index is 13.5. The smallest absolute Gasteiger partial charge is 0.301 e. The van der Waals surface area contributed by atoms with Gasteiger partial charge in [-0.15, -0.1) is 0 Å². The fourth-order valence-corrected chi connectivity index (χ4v) is 5.45. The van der Waals surface area contributed by atoms with Crippen molar-refractivity contribution in [2.24, 2.45) is 0 Å². The number of anilines is 1. The molecule has 0 spiro atoms. The quantitative estimate of drug-likeness (QED) is 0.182. The second-order valence-electron chi connectivity index (χ2n) is 9.06. The molecule has 8 heteroatoms. The van der Waals surface area contributed by atoms with Crippen molar-refractivity contribution >= 4 is 44.1 Å². The second-order valence-corrected chi connectivity index (χ2v) is 10.1. The minimum absolute atomic E-state index is 0.0225. The number of ether oxygens (including phenoxy) is 1. The number of ketones is 1. The van der Waals surface area contributed by atoms with E-state index in [9.17, 15) is 19.1 Å². The third kappa shape index (κ3) is 4.60. The van der Waals surface area contributed by atoms with Gasteiger partial charge in [-0.1, -0.05) is 36.5 Å². The zero-order valence-electron chi connectivity index (χ0n) is 20.6. The van der Waals surface area contributed by atoms with Crippen LogP contribution in [0.3, 0.4) is 0 Å². The zero-order chi connectivity index (χ0) is 26.3. The van der Waals surface area contributed by atoms with Gasteiger partial charge in [0.1, 0.15) is 17.3 Å². The number of aryl methyl sites for hydroxylation is 1. The van der Waals surface area contributed by atoms with Gasteiger partial charge in [-0.2, -0.15) is 0 Å². The first-order chi connectivity index (χ1) is 17.8. The van der Waals surface area contributed by atoms with Gasteiger partial charge < -0.3 is 9.84 Å². The molecule has 3 aromatic carbocycles. The average molecular weight is 517 g/mol. The summed E-state index contributed by atoms with van der Waals surface area (Å²) in [6.07, 6.45) is 0.835. The highest BCUT2D eigenvalue weighted by Crippen LogP contribution is 2.44. The van der Waals surface area contributed by atoms with E-state index in [2.05, 4.69) is 11.9 Å². The lowest BCUT2D eigenvalue weighted by Gasteiger charge is -2.23. The van der Waals surface area contributed by atoms with Gasteiger partial charge in [0.2, 0.25) is 0 Å². The number of rotatable bonds is 6. The Morgan fingerprint density at radius 2 is 1.78 bits per heavy atom. The van der Waals surface area contributed by atoms with Crippen LogP contribution < -0.4 is 9.64 Å². The molecule has 188 valence electrons. The van der Waals surface area contributed by atoms with E-state index in [0.29, 0.717) is 16.4 Å². The molecule has 1 aromatic heterocycles. The summed E-state index contributed by atoms with van der Waals surface area (Å²) in [5.41, 5.74) is 2.62. The van der Waals surface area contributed by atoms with E-state index in [0.717, 1.165) is 22.2 Å². The summed E-state index contributed by atoms with van der Waals surface area (Å²) in [6, 6.07) is 17.2. The SMILES string of the molecule is CCc1ccc2nc(N3C(=O)C(=O)/C(=C(/O)c4ccc(F)cc4)C3c3ccc(OC(C)C)cc3)sc2c1. The average Bonchev–Trinajstić information content (AvgIpc) is 3.41. The number of hydrogen-bond acceptors (Lipinski definition) is 6. The Hall–Kier alpha value is -4.04. The molecule has 6 nitrogen and oxygen atoms in total. The first-order valence-electron chi connectivity index (χ1n) is 12.0. The molecule has 1 saturated heterocycles. The standard InChI is InChI=1S/C29H25FN2O4S/c1-4-17-5-14-22-23(15-17)37-29(31-22)32-25(18-8-12-21(13-9-18)36-16(2)3)24(27(34)28(32)35)26(33)19-6-10-20(30)11-7-19/h5-16,25,33H,4H2,1-3H3/b26-24+. The number of aliphatic hydroxyl groups excluding tert-OH is 1. The Morgan fingerprint density at radius 1 is 1.08 bits per heavy atom. The van der Waals surface area contributed by atoms with Crippen LogP contribution in [0, 0.1) is 5.82 Å². The Kier molecular flexibility index (Phi) is 6.52. The Bertz CT molecular complexity index is 1520. The molecule has 37 heavy (non-hydrogen) atoms. The van der Waals surface area contributed by atoms with Crippen molar-refractivity contribution in [3.05, 3.63) is 94.8 Å². The molecule has 4 aromatic rings. The van der Waals surface area contributed by atoms with Crippen LogP contribution in [0.5, 0.6) is 5.75 Å². The predicted octanol–water partition coefficient (Wildman–Crippen LogP) is 6.41. The first kappa shape index (κ1) is 24.6. The van der Waals surface area contributed by atoms with Gasteiger partial charge in [0.05, 0.1) is 27.9 Å². The molecule has 1 unspecified atom stereocenters. The van der Waals surface area contributed by atoms with Crippen molar-refractivity contribution in [2.75, 3.05) is 4.90 Å². The monoisotopic (exact) mass is 516 g/mol. The van der Waals surface area contributed by atoms with Crippen molar-refractivity contribution in [2.45, 2.75) is 39.3 Å². The third-order valence-corrected chi connectivity index (χ3v) is 7.20. The number of halogens is 1. The predicted molar refractivity (Wildman–Crippen MR) is 142 cm³/mol. The van der Waals surface area contributed by atoms with E-state index in [-0.39, 0.29) is 23.0 Å². The van der Waals surface area contributed by atoms with Gasteiger partial charge in [-0.3, -0.25) is 14.5 Å². The number of benzene rings is 3. The molecule has 1 N–H and O–H groups in total. The molecule has 0 saturated carbocycles. The fraction of sp³-hybridized carbons (Fsp3) is 0.207. The molecule has 1 fully saturated rings. The van der Waals surface area contributed by atoms with Crippen molar-refractivity contribution in [3.8, 4) is 5.75 Å². The largest absolute Gasteiger partial charge is 0.507 e. The highest BCUT2D eigenvalue weighted by molar-refractivity contribution is 7.22. The van der Waals surface area contributed by atoms with Crippen LogP contribution >= 0.6 is 11.3 Å². The molecule has 1 amide bonds. The maximum absolute atomic E-state index is 13.5. The molecule has 0 bridgehead atoms. The number of thiazole rings is 1. The van der Waals surface area contributed by atoms with Crippen LogP contribution in [0.15, 0.2) is 72.3 Å². The van der Waals surface area contributed by atoms with E-state index < -0.39 is 23.5 Å². The van der Waals surface area contributed by atoms with E-state index >= 15 is 0 Å². The van der Waals surface area contributed by atoms with E-state index in [4.69, 9.17) is 4.74 Å². The van der Waals surface area contributed by atoms with Crippen LogP contribution in [-0.2, 0) is 16.0 Å². The Balaban J connectivity index is 1.68. The van der Waals surface area contributed by atoms with Crippen LogP contribution in [0.1, 0.15) is 43.5 Å². The Morgan fingerprint density at radius 3 is 2.43 bits per heavy atom. The highest BCUT2D eigenvalue weighted by atomic mass is 32.1. The summed E-state index contributed by atoms with van der Waals surface area (Å²) >= 11 is 1.31. The number of Topliss-reactive ketones (excluding diaryl/α,β-unsaturated/α-hetero) is 1. The van der Waals surface area contributed by atoms with E-state index in [1.165, 1.54) is 40.5 Å². The minimum atomic E-state index is -0.927. The number of carbonyl (C=O) groups is 2. The van der Waals surface area contributed by atoms with Crippen molar-refractivity contribution in [1.29, 1.82) is 0 Å². The van der Waals surface area contributed by atoms with Gasteiger partial charge in [0.25, 0.3) is 5.78 Å². The number of fused-ring (bicyclic) bond motifs is 1. The third-order valence-electron chi connectivity index (χ3n) is 6.19. The lowest BCUT2D eigenvalue weighted by Crippen LogP contribution is -2.29. The van der Waals surface area contributed by atoms with Crippen molar-refractivity contribution in [3.63, 3.8) is 0 Å². The van der Waals surface area contributed by atoms with Crippen molar-refractivity contribution in [1.82, 2.24) is 4.98 Å². The zero-order valence-corrected chi connectivity index (χ0v) is 21.4. The molecule has 5 rings (SSSR count). The summed E-state index contributed by atoms with van der Waals surface area (Å²) in [4.78, 5) is 32.8. The lowest BCUT2D eigenvalue weighted by molar-refractivity contribution is -0.132. The van der Waals surface area contributed by atoms with Crippen LogP contribution in [0.25, 0.3) is 16.0 Å². The van der Waals surface area contributed by atoms with Gasteiger partial charge in [0.15, 0.2) is 5.13 Å². The van der Waals surface area contributed by atoms with Crippen molar-refractivity contribution < 1.29 is 23.8 Å². The van der Waals surface area contributed by atoms with E-state index in [1.54, 1.807) is 24.3 Å². The molecule has 0 aliphatic carbocycles. The first-order valence-corrected chi connectivity index (χ1v) is 12.8. The molecule has 1 aliphatic heterocycles. The molecule has 0 radical (unpaired) electrons. The Labute approximate surface area is 217 Å². The topological polar surface area (TPSA) is 79.7 Å². The summed E-state index contributed by atoms with van der Waals surface area (Å²) in [5.74, 6) is -1.83. The number of carbonyl (C=O) groups excluding carboxylic acids is 2. The van der Waals surface area contributed by atoms with Crippen LogP contribution in [-0.4, -0.2) is 27.9 Å². The van der Waals surface area contributed by atoms with Crippen LogP contribution in [0.4, 0.5) is 9.52 Å². The normalized spacial score (nSPS) is 17.2.